The Balaban J connectivity index is 1.24. The molecule has 3 aliphatic heterocycles. The quantitative estimate of drug-likeness (QED) is 0.101. The molecule has 4 heterocycles. The van der Waals surface area contributed by atoms with Crippen molar-refractivity contribution in [2.75, 3.05) is 63.1 Å². The molecule has 5 amide bonds. The maximum atomic E-state index is 14.9. The van der Waals surface area contributed by atoms with E-state index in [0.717, 1.165) is 45.4 Å². The van der Waals surface area contributed by atoms with Crippen LogP contribution in [-0.4, -0.2) is 161 Å². The zero-order valence-corrected chi connectivity index (χ0v) is 34.6. The van der Waals surface area contributed by atoms with Crippen LogP contribution in [0.15, 0.2) is 47.4 Å². The van der Waals surface area contributed by atoms with Gasteiger partial charge in [0.15, 0.2) is 6.10 Å². The molecule has 0 unspecified atom stereocenters. The van der Waals surface area contributed by atoms with Crippen molar-refractivity contribution in [3.05, 3.63) is 58.7 Å². The Morgan fingerprint density at radius 3 is 2.48 bits per heavy atom. The number of aliphatic hydroxyl groups is 1. The average Bonchev–Trinajstić information content (AvgIpc) is 3.68. The molecule has 3 aliphatic rings. The number of halogens is 2. The Morgan fingerprint density at radius 1 is 1.10 bits per heavy atom. The number of nitrogens with two attached hydrogens (primary N) is 1. The SMILES string of the molecule is CN(CC(=O)Nc1cc(COC(=O)N(CCS(C)(=O)=O)COC[C@@H]2CC(F)(F)[C@H](n3ccc(N)nc3=O)O2)ccc1O[C@@H]1C[C@H](O)C[C@H](C(=O)O)O1)C(=O)CCN1C(=O)C=CC1=O. The molecule has 0 radical (unpaired) electrons. The van der Waals surface area contributed by atoms with Crippen LogP contribution in [0.4, 0.5) is 25.1 Å². The monoisotopic (exact) mass is 913 g/mol. The number of imide groups is 1. The zero-order valence-electron chi connectivity index (χ0n) is 33.8. The maximum Gasteiger partial charge on any atom is 0.411 e. The lowest BCUT2D eigenvalue weighted by Gasteiger charge is -2.31. The molecule has 0 saturated carbocycles. The van der Waals surface area contributed by atoms with E-state index < -0.39 is 133 Å². The fourth-order valence-electron chi connectivity index (χ4n) is 6.37. The summed E-state index contributed by atoms with van der Waals surface area (Å²) in [4.78, 5) is 92.9. The number of nitrogens with zero attached hydrogens (tertiary/aromatic N) is 5. The fraction of sp³-hybridized carbons (Fsp3) is 0.514. The first-order chi connectivity index (χ1) is 29.6. The van der Waals surface area contributed by atoms with Gasteiger partial charge in [0.2, 0.25) is 24.3 Å². The van der Waals surface area contributed by atoms with E-state index in [1.165, 1.54) is 25.2 Å². The fourth-order valence-corrected chi connectivity index (χ4v) is 6.92. The van der Waals surface area contributed by atoms with Crippen LogP contribution >= 0.6 is 0 Å². The van der Waals surface area contributed by atoms with Crippen LogP contribution in [0, 0.1) is 0 Å². The van der Waals surface area contributed by atoms with Crippen molar-refractivity contribution in [3.8, 4) is 5.75 Å². The van der Waals surface area contributed by atoms with Gasteiger partial charge in [-0.1, -0.05) is 6.07 Å². The number of likely N-dealkylation sites (N-methyl/N-ethyl adjacent to an activating group) is 1. The minimum Gasteiger partial charge on any atom is -0.479 e. The lowest BCUT2D eigenvalue weighted by Crippen LogP contribution is -2.42. The van der Waals surface area contributed by atoms with Crippen molar-refractivity contribution in [2.24, 2.45) is 0 Å². The van der Waals surface area contributed by atoms with Gasteiger partial charge in [0.25, 0.3) is 17.7 Å². The number of aromatic nitrogens is 2. The normalized spacial score (nSPS) is 21.9. The van der Waals surface area contributed by atoms with Crippen LogP contribution in [0.5, 0.6) is 5.75 Å². The van der Waals surface area contributed by atoms with Gasteiger partial charge in [-0.25, -0.2) is 31.6 Å². The summed E-state index contributed by atoms with van der Waals surface area (Å²) in [6.07, 6.45) is -5.67. The molecule has 1 aromatic heterocycles. The predicted octanol–water partition coefficient (Wildman–Crippen LogP) is -0.553. The zero-order chi connectivity index (χ0) is 46.2. The van der Waals surface area contributed by atoms with Crippen molar-refractivity contribution in [1.29, 1.82) is 0 Å². The van der Waals surface area contributed by atoms with Gasteiger partial charge in [0.1, 0.15) is 34.7 Å². The molecular formula is C37H45F2N7O16S. The van der Waals surface area contributed by atoms with Gasteiger partial charge in [-0.15, -0.1) is 0 Å². The summed E-state index contributed by atoms with van der Waals surface area (Å²) in [5.41, 5.74) is 4.51. The number of amides is 5. The maximum absolute atomic E-state index is 14.9. The number of benzene rings is 1. The summed E-state index contributed by atoms with van der Waals surface area (Å²) >= 11 is 0. The van der Waals surface area contributed by atoms with Gasteiger partial charge >= 0.3 is 17.8 Å². The van der Waals surface area contributed by atoms with Crippen molar-refractivity contribution >= 4 is 57.0 Å². The minimum atomic E-state index is -3.64. The molecule has 0 spiro atoms. The first-order valence-electron chi connectivity index (χ1n) is 19.1. The largest absolute Gasteiger partial charge is 0.479 e. The summed E-state index contributed by atoms with van der Waals surface area (Å²) in [7, 11) is -2.33. The molecule has 344 valence electrons. The number of carboxylic acid groups (broad SMARTS) is 1. The second kappa shape index (κ2) is 20.4. The van der Waals surface area contributed by atoms with Crippen LogP contribution < -0.4 is 21.5 Å². The van der Waals surface area contributed by atoms with E-state index >= 15 is 0 Å². The standard InChI is InChI=1S/C37H45F2N7O16S/c1-43(29(49)8-10-45-30(50)5-6-31(45)51)17-28(48)41-24-13-21(3-4-25(24)61-32-15-22(47)14-26(62-32)33(52)53)18-59-36(55)44(11-12-63(2,56)57)20-58-19-23-16-37(38,39)34(60-23)46-9-7-27(40)42-35(46)54/h3-7,9,13,22-23,26,32,34,47H,8,10-12,14-20H2,1-2H3,(H,41,48)(H,52,53)(H2,40,42,54)/t22-,23+,26-,32+,34-/m1/s1. The number of nitrogens with one attached hydrogen (secondary N) is 1. The molecule has 63 heavy (non-hydrogen) atoms. The summed E-state index contributed by atoms with van der Waals surface area (Å²) < 4.78 is 81.9. The topological polar surface area (TPSA) is 306 Å². The van der Waals surface area contributed by atoms with Gasteiger partial charge in [0.05, 0.1) is 36.8 Å². The second-order valence-electron chi connectivity index (χ2n) is 14.7. The lowest BCUT2D eigenvalue weighted by atomic mass is 10.1. The summed E-state index contributed by atoms with van der Waals surface area (Å²) in [5.74, 6) is -8.22. The van der Waals surface area contributed by atoms with E-state index in [-0.39, 0.29) is 48.6 Å². The number of nitrogen functional groups attached to an aromatic ring is 1. The molecule has 2 aromatic rings. The number of aliphatic hydroxyl groups excluding tert-OH is 1. The number of alkyl halides is 2. The highest BCUT2D eigenvalue weighted by molar-refractivity contribution is 7.90. The number of carboxylic acids is 1. The van der Waals surface area contributed by atoms with Crippen LogP contribution in [0.2, 0.25) is 0 Å². The number of hydrogen-bond acceptors (Lipinski definition) is 17. The molecule has 1 aromatic carbocycles. The van der Waals surface area contributed by atoms with Crippen LogP contribution in [0.25, 0.3) is 0 Å². The third-order valence-electron chi connectivity index (χ3n) is 9.57. The molecule has 0 bridgehead atoms. The third kappa shape index (κ3) is 13.5. The van der Waals surface area contributed by atoms with Crippen molar-refractivity contribution in [2.45, 2.75) is 69.0 Å². The van der Waals surface area contributed by atoms with Crippen LogP contribution in [0.1, 0.15) is 37.5 Å². The number of ether oxygens (including phenoxy) is 5. The number of sulfone groups is 1. The van der Waals surface area contributed by atoms with Crippen molar-refractivity contribution < 1.29 is 79.9 Å². The molecule has 26 heteroatoms. The predicted molar refractivity (Wildman–Crippen MR) is 209 cm³/mol. The summed E-state index contributed by atoms with van der Waals surface area (Å²) in [6.45, 7) is -2.86. The lowest BCUT2D eigenvalue weighted by molar-refractivity contribution is -0.195. The number of carbonyl (C=O) groups excluding carboxylic acids is 5. The van der Waals surface area contributed by atoms with Gasteiger partial charge < -0.3 is 49.8 Å². The first-order valence-corrected chi connectivity index (χ1v) is 21.1. The summed E-state index contributed by atoms with van der Waals surface area (Å²) in [5, 5.41) is 22.3. The van der Waals surface area contributed by atoms with Crippen LogP contribution in [-0.2, 0) is 59.4 Å². The molecule has 5 rings (SSSR count). The van der Waals surface area contributed by atoms with E-state index in [2.05, 4.69) is 10.3 Å². The highest BCUT2D eigenvalue weighted by Gasteiger charge is 2.52. The Labute approximate surface area is 357 Å². The van der Waals surface area contributed by atoms with E-state index in [4.69, 9.17) is 29.4 Å². The summed E-state index contributed by atoms with van der Waals surface area (Å²) in [6, 6.07) is 5.16. The minimum absolute atomic E-state index is 0.0785. The van der Waals surface area contributed by atoms with Crippen molar-refractivity contribution in [1.82, 2.24) is 24.3 Å². The molecular weight excluding hydrogens is 869 g/mol. The molecule has 5 N–H and O–H groups in total. The second-order valence-corrected chi connectivity index (χ2v) is 17.0. The number of anilines is 2. The molecule has 5 atom stereocenters. The number of rotatable bonds is 19. The first kappa shape index (κ1) is 48.0. The van der Waals surface area contributed by atoms with E-state index in [0.29, 0.717) is 4.57 Å². The number of hydrogen-bond donors (Lipinski definition) is 4. The smallest absolute Gasteiger partial charge is 0.411 e. The molecule has 2 fully saturated rings. The van der Waals surface area contributed by atoms with Gasteiger partial charge in [-0.3, -0.25) is 33.5 Å². The molecule has 2 saturated heterocycles. The van der Waals surface area contributed by atoms with Gasteiger partial charge in [0, 0.05) is 70.4 Å². The van der Waals surface area contributed by atoms with Crippen molar-refractivity contribution in [3.63, 3.8) is 0 Å². The molecule has 0 aliphatic carbocycles. The van der Waals surface area contributed by atoms with Crippen LogP contribution in [0.3, 0.4) is 0 Å². The highest BCUT2D eigenvalue weighted by atomic mass is 32.2. The van der Waals surface area contributed by atoms with E-state index in [1.807, 2.05) is 0 Å². The third-order valence-corrected chi connectivity index (χ3v) is 10.5. The van der Waals surface area contributed by atoms with Gasteiger partial charge in [-0.05, 0) is 23.8 Å². The van der Waals surface area contributed by atoms with Gasteiger partial charge in [-0.2, -0.15) is 4.98 Å². The van der Waals surface area contributed by atoms with E-state index in [1.54, 1.807) is 0 Å². The number of aliphatic carboxylic acids is 1. The number of carbonyl (C=O) groups is 6. The Kier molecular flexibility index (Phi) is 15.5. The Hall–Kier alpha value is -6.09. The Bertz CT molecular complexity index is 2260. The molecule has 23 nitrogen and oxygen atoms in total. The average molecular weight is 914 g/mol. The highest BCUT2D eigenvalue weighted by Crippen LogP contribution is 2.42. The van der Waals surface area contributed by atoms with E-state index in [9.17, 15) is 61.0 Å². The Morgan fingerprint density at radius 2 is 1.81 bits per heavy atom.